The Balaban J connectivity index is 2.11. The van der Waals surface area contributed by atoms with Gasteiger partial charge < -0.3 is 0 Å². The van der Waals surface area contributed by atoms with E-state index in [1.807, 2.05) is 36.4 Å². The number of fused-ring (bicyclic) bond motifs is 3. The monoisotopic (exact) mass is 323 g/mol. The summed E-state index contributed by atoms with van der Waals surface area (Å²) in [5, 5.41) is 13.4. The number of hydrogen-bond donors (Lipinski definition) is 0. The third-order valence-corrected chi connectivity index (χ3v) is 5.07. The van der Waals surface area contributed by atoms with Crippen LogP contribution in [-0.2, 0) is 0 Å². The molecule has 0 bridgehead atoms. The lowest BCUT2D eigenvalue weighted by molar-refractivity contribution is -0.384. The number of rotatable bonds is 2. The highest BCUT2D eigenvalue weighted by Gasteiger charge is 2.19. The molecule has 1 aromatic heterocycles. The van der Waals surface area contributed by atoms with Crippen molar-refractivity contribution in [2.24, 2.45) is 0 Å². The van der Waals surface area contributed by atoms with Gasteiger partial charge in [-0.1, -0.05) is 36.4 Å². The quantitative estimate of drug-likeness (QED) is 0.347. The molecule has 0 aliphatic carbocycles. The number of nitro groups is 1. The van der Waals surface area contributed by atoms with Gasteiger partial charge in [0.15, 0.2) is 0 Å². The van der Waals surface area contributed by atoms with Crippen LogP contribution in [0.15, 0.2) is 60.7 Å². The molecule has 0 aliphatic rings. The summed E-state index contributed by atoms with van der Waals surface area (Å²) >= 11 is 1.56. The lowest BCUT2D eigenvalue weighted by atomic mass is 10.0. The summed E-state index contributed by atoms with van der Waals surface area (Å²) in [6, 6.07) is 17.2. The molecular formula is C18H10FNO2S. The Morgan fingerprint density at radius 3 is 2.52 bits per heavy atom. The van der Waals surface area contributed by atoms with Crippen LogP contribution in [0.25, 0.3) is 31.3 Å². The molecule has 3 aromatic carbocycles. The normalized spacial score (nSPS) is 11.2. The Morgan fingerprint density at radius 1 is 0.913 bits per heavy atom. The van der Waals surface area contributed by atoms with E-state index in [4.69, 9.17) is 0 Å². The fourth-order valence-electron chi connectivity index (χ4n) is 2.84. The molecule has 3 nitrogen and oxygen atoms in total. The molecule has 4 rings (SSSR count). The first-order valence-electron chi connectivity index (χ1n) is 7.00. The van der Waals surface area contributed by atoms with E-state index in [0.29, 0.717) is 11.1 Å². The average molecular weight is 323 g/mol. The zero-order chi connectivity index (χ0) is 16.0. The zero-order valence-electron chi connectivity index (χ0n) is 11.8. The van der Waals surface area contributed by atoms with Crippen molar-refractivity contribution >= 4 is 37.2 Å². The standard InChI is InChI=1S/C18H10FNO2S/c19-11-8-9-16(20(21)22)15(10-11)14-6-3-5-13-12-4-1-2-7-17(12)23-18(13)14/h1-10H. The lowest BCUT2D eigenvalue weighted by Gasteiger charge is -2.05. The molecule has 0 fully saturated rings. The first-order valence-corrected chi connectivity index (χ1v) is 7.81. The minimum atomic E-state index is -0.483. The largest absolute Gasteiger partial charge is 0.277 e. The van der Waals surface area contributed by atoms with Crippen molar-refractivity contribution in [3.63, 3.8) is 0 Å². The Kier molecular flexibility index (Phi) is 3.09. The van der Waals surface area contributed by atoms with Gasteiger partial charge in [0.05, 0.1) is 10.5 Å². The summed E-state index contributed by atoms with van der Waals surface area (Å²) in [6.45, 7) is 0. The van der Waals surface area contributed by atoms with E-state index >= 15 is 0 Å². The SMILES string of the molecule is O=[N+]([O-])c1ccc(F)cc1-c1cccc2c1sc1ccccc12. The highest BCUT2D eigenvalue weighted by atomic mass is 32.1. The summed E-state index contributed by atoms with van der Waals surface area (Å²) in [7, 11) is 0. The number of hydrogen-bond acceptors (Lipinski definition) is 3. The highest BCUT2D eigenvalue weighted by molar-refractivity contribution is 7.26. The lowest BCUT2D eigenvalue weighted by Crippen LogP contribution is -1.93. The topological polar surface area (TPSA) is 43.1 Å². The van der Waals surface area contributed by atoms with Crippen molar-refractivity contribution in [2.45, 2.75) is 0 Å². The van der Waals surface area contributed by atoms with Crippen molar-refractivity contribution in [1.29, 1.82) is 0 Å². The van der Waals surface area contributed by atoms with Gasteiger partial charge in [0, 0.05) is 31.8 Å². The second-order valence-electron chi connectivity index (χ2n) is 5.20. The predicted octanol–water partition coefficient (Wildman–Crippen LogP) is 5.77. The maximum atomic E-state index is 13.7. The van der Waals surface area contributed by atoms with E-state index in [9.17, 15) is 14.5 Å². The second-order valence-corrected chi connectivity index (χ2v) is 6.25. The summed E-state index contributed by atoms with van der Waals surface area (Å²) in [5.74, 6) is -0.483. The summed E-state index contributed by atoms with van der Waals surface area (Å²) < 4.78 is 15.7. The van der Waals surface area contributed by atoms with E-state index in [2.05, 4.69) is 0 Å². The third kappa shape index (κ3) is 2.17. The predicted molar refractivity (Wildman–Crippen MR) is 91.4 cm³/mol. The molecule has 0 amide bonds. The van der Waals surface area contributed by atoms with Gasteiger partial charge in [-0.05, 0) is 18.2 Å². The number of nitro benzene ring substituents is 1. The van der Waals surface area contributed by atoms with Crippen LogP contribution in [0.1, 0.15) is 0 Å². The molecule has 0 N–H and O–H groups in total. The molecule has 112 valence electrons. The molecule has 1 heterocycles. The van der Waals surface area contributed by atoms with Gasteiger partial charge in [0.1, 0.15) is 5.82 Å². The maximum absolute atomic E-state index is 13.7. The van der Waals surface area contributed by atoms with Gasteiger partial charge in [-0.3, -0.25) is 10.1 Å². The maximum Gasteiger partial charge on any atom is 0.277 e. The molecule has 0 aliphatic heterocycles. The molecule has 0 unspecified atom stereocenters. The summed E-state index contributed by atoms with van der Waals surface area (Å²) in [4.78, 5) is 10.8. The molecule has 0 saturated carbocycles. The zero-order valence-corrected chi connectivity index (χ0v) is 12.6. The summed E-state index contributed by atoms with van der Waals surface area (Å²) in [6.07, 6.45) is 0. The van der Waals surface area contributed by atoms with Gasteiger partial charge >= 0.3 is 0 Å². The Hall–Kier alpha value is -2.79. The van der Waals surface area contributed by atoms with E-state index < -0.39 is 10.7 Å². The molecule has 0 saturated heterocycles. The molecule has 23 heavy (non-hydrogen) atoms. The first-order chi connectivity index (χ1) is 11.1. The van der Waals surface area contributed by atoms with Gasteiger partial charge in [0.2, 0.25) is 0 Å². The smallest absolute Gasteiger partial charge is 0.258 e. The van der Waals surface area contributed by atoms with E-state index in [0.717, 1.165) is 26.2 Å². The molecule has 0 spiro atoms. The van der Waals surface area contributed by atoms with Gasteiger partial charge in [0.25, 0.3) is 5.69 Å². The summed E-state index contributed by atoms with van der Waals surface area (Å²) in [5.41, 5.74) is 0.915. The van der Waals surface area contributed by atoms with Crippen molar-refractivity contribution in [1.82, 2.24) is 0 Å². The fraction of sp³-hybridized carbons (Fsp3) is 0. The molecular weight excluding hydrogens is 313 g/mol. The van der Waals surface area contributed by atoms with E-state index in [1.54, 1.807) is 17.4 Å². The van der Waals surface area contributed by atoms with Crippen LogP contribution in [0, 0.1) is 15.9 Å². The van der Waals surface area contributed by atoms with Crippen molar-refractivity contribution in [2.75, 3.05) is 0 Å². The molecule has 0 atom stereocenters. The van der Waals surface area contributed by atoms with Crippen LogP contribution in [0.2, 0.25) is 0 Å². The van der Waals surface area contributed by atoms with E-state index in [1.165, 1.54) is 12.1 Å². The third-order valence-electron chi connectivity index (χ3n) is 3.85. The fourth-order valence-corrected chi connectivity index (χ4v) is 4.07. The first kappa shape index (κ1) is 13.8. The van der Waals surface area contributed by atoms with Crippen LogP contribution >= 0.6 is 11.3 Å². The number of nitrogens with zero attached hydrogens (tertiary/aromatic N) is 1. The van der Waals surface area contributed by atoms with Gasteiger partial charge in [-0.25, -0.2) is 4.39 Å². The van der Waals surface area contributed by atoms with Gasteiger partial charge in [-0.2, -0.15) is 0 Å². The van der Waals surface area contributed by atoms with Crippen LogP contribution < -0.4 is 0 Å². The number of benzene rings is 3. The van der Waals surface area contributed by atoms with Gasteiger partial charge in [-0.15, -0.1) is 11.3 Å². The Labute approximate surface area is 134 Å². The van der Waals surface area contributed by atoms with Crippen LogP contribution in [0.5, 0.6) is 0 Å². The number of thiophene rings is 1. The van der Waals surface area contributed by atoms with Crippen LogP contribution in [-0.4, -0.2) is 4.92 Å². The highest BCUT2D eigenvalue weighted by Crippen LogP contribution is 2.42. The minimum absolute atomic E-state index is 0.0867. The molecule has 5 heteroatoms. The van der Waals surface area contributed by atoms with Crippen LogP contribution in [0.3, 0.4) is 0 Å². The Morgan fingerprint density at radius 2 is 1.70 bits per heavy atom. The molecule has 4 aromatic rings. The van der Waals surface area contributed by atoms with Crippen molar-refractivity contribution in [3.8, 4) is 11.1 Å². The second kappa shape index (κ2) is 5.14. The Bertz CT molecular complexity index is 1070. The number of halogens is 1. The van der Waals surface area contributed by atoms with Crippen molar-refractivity contribution < 1.29 is 9.31 Å². The minimum Gasteiger partial charge on any atom is -0.258 e. The average Bonchev–Trinajstić information content (AvgIpc) is 2.93. The van der Waals surface area contributed by atoms with Crippen LogP contribution in [0.4, 0.5) is 10.1 Å². The molecule has 0 radical (unpaired) electrons. The van der Waals surface area contributed by atoms with E-state index in [-0.39, 0.29) is 5.69 Å². The van der Waals surface area contributed by atoms with Crippen molar-refractivity contribution in [3.05, 3.63) is 76.6 Å².